The lowest BCUT2D eigenvalue weighted by Gasteiger charge is -2.36. The predicted octanol–water partition coefficient (Wildman–Crippen LogP) is 2.78. The fourth-order valence-electron chi connectivity index (χ4n) is 2.75. The van der Waals surface area contributed by atoms with Crippen LogP contribution in [0.15, 0.2) is 42.5 Å². The van der Waals surface area contributed by atoms with Crippen LogP contribution in [0, 0.1) is 5.82 Å². The van der Waals surface area contributed by atoms with Crippen LogP contribution in [-0.2, 0) is 9.59 Å². The van der Waals surface area contributed by atoms with Gasteiger partial charge in [0, 0.05) is 11.3 Å². The van der Waals surface area contributed by atoms with Crippen molar-refractivity contribution in [2.45, 2.75) is 26.0 Å². The molecular formula is C19H17FN2O4. The molecule has 0 saturated carbocycles. The number of fused-ring (bicyclic) bond motifs is 1. The Bertz CT molecular complexity index is 866. The molecule has 1 aliphatic rings. The Hall–Kier alpha value is -3.22. The van der Waals surface area contributed by atoms with Crippen LogP contribution in [0.25, 0.3) is 0 Å². The Labute approximate surface area is 149 Å². The summed E-state index contributed by atoms with van der Waals surface area (Å²) in [7, 11) is 0. The number of anilines is 2. The second-order valence-electron chi connectivity index (χ2n) is 5.99. The zero-order chi connectivity index (χ0) is 18.8. The molecule has 134 valence electrons. The van der Waals surface area contributed by atoms with E-state index in [2.05, 4.69) is 5.32 Å². The van der Waals surface area contributed by atoms with Crippen molar-refractivity contribution in [2.24, 2.45) is 0 Å². The molecule has 1 N–H and O–H groups in total. The van der Waals surface area contributed by atoms with Gasteiger partial charge >= 0.3 is 0 Å². The lowest BCUT2D eigenvalue weighted by atomic mass is 10.1. The summed E-state index contributed by atoms with van der Waals surface area (Å²) in [5, 5.41) is 2.65. The van der Waals surface area contributed by atoms with Gasteiger partial charge in [0.15, 0.2) is 6.10 Å². The van der Waals surface area contributed by atoms with Crippen molar-refractivity contribution in [3.05, 3.63) is 53.8 Å². The average molecular weight is 356 g/mol. The Morgan fingerprint density at radius 1 is 1.27 bits per heavy atom. The Kier molecular flexibility index (Phi) is 4.71. The number of ether oxygens (including phenoxy) is 1. The van der Waals surface area contributed by atoms with E-state index >= 15 is 0 Å². The van der Waals surface area contributed by atoms with Crippen molar-refractivity contribution in [2.75, 3.05) is 10.2 Å². The minimum absolute atomic E-state index is 0.361. The van der Waals surface area contributed by atoms with Crippen LogP contribution in [-0.4, -0.2) is 30.2 Å². The van der Waals surface area contributed by atoms with Crippen molar-refractivity contribution in [1.82, 2.24) is 0 Å². The monoisotopic (exact) mass is 356 g/mol. The number of amides is 2. The number of nitrogens with one attached hydrogen (secondary N) is 1. The lowest BCUT2D eigenvalue weighted by molar-refractivity contribution is -0.128. The van der Waals surface area contributed by atoms with Gasteiger partial charge in [-0.1, -0.05) is 0 Å². The van der Waals surface area contributed by atoms with Gasteiger partial charge in [0.05, 0.1) is 5.69 Å². The molecule has 0 aliphatic carbocycles. The summed E-state index contributed by atoms with van der Waals surface area (Å²) in [6.45, 7) is 3.17. The summed E-state index contributed by atoms with van der Waals surface area (Å²) in [4.78, 5) is 37.6. The van der Waals surface area contributed by atoms with E-state index in [1.807, 2.05) is 0 Å². The summed E-state index contributed by atoms with van der Waals surface area (Å²) in [5.74, 6) is -0.823. The molecule has 26 heavy (non-hydrogen) atoms. The van der Waals surface area contributed by atoms with Gasteiger partial charge in [0.25, 0.3) is 5.91 Å². The number of benzene rings is 2. The molecule has 3 rings (SSSR count). The minimum Gasteiger partial charge on any atom is -0.479 e. The van der Waals surface area contributed by atoms with Crippen molar-refractivity contribution in [3.8, 4) is 5.75 Å². The van der Waals surface area contributed by atoms with Crippen molar-refractivity contribution in [3.63, 3.8) is 0 Å². The molecule has 6 nitrogen and oxygen atoms in total. The molecule has 0 radical (unpaired) electrons. The first-order valence-electron chi connectivity index (χ1n) is 8.06. The van der Waals surface area contributed by atoms with E-state index < -0.39 is 23.9 Å². The Morgan fingerprint density at radius 2 is 1.96 bits per heavy atom. The first-order valence-corrected chi connectivity index (χ1v) is 8.06. The third kappa shape index (κ3) is 3.28. The van der Waals surface area contributed by atoms with Crippen LogP contribution in [0.2, 0.25) is 0 Å². The maximum atomic E-state index is 13.0. The number of carbonyl (C=O) groups is 3. The molecule has 0 saturated heterocycles. The first kappa shape index (κ1) is 17.6. The molecule has 0 aromatic heterocycles. The van der Waals surface area contributed by atoms with Crippen molar-refractivity contribution < 1.29 is 23.5 Å². The molecular weight excluding hydrogens is 339 g/mol. The first-order chi connectivity index (χ1) is 12.4. The summed E-state index contributed by atoms with van der Waals surface area (Å²) >= 11 is 0. The SMILES string of the molecule is CC1Oc2ccc(C=O)cc2N(C(C)C(=O)Nc2ccc(F)cc2)C1=O. The molecule has 2 aromatic rings. The predicted molar refractivity (Wildman–Crippen MR) is 93.9 cm³/mol. The molecule has 0 spiro atoms. The van der Waals surface area contributed by atoms with Gasteiger partial charge in [-0.3, -0.25) is 19.3 Å². The van der Waals surface area contributed by atoms with Gasteiger partial charge in [-0.2, -0.15) is 0 Å². The summed E-state index contributed by atoms with van der Waals surface area (Å²) in [6, 6.07) is 9.15. The Balaban J connectivity index is 1.90. The highest BCUT2D eigenvalue weighted by molar-refractivity contribution is 6.08. The highest BCUT2D eigenvalue weighted by Gasteiger charge is 2.37. The second-order valence-corrected chi connectivity index (χ2v) is 5.99. The third-order valence-corrected chi connectivity index (χ3v) is 4.15. The zero-order valence-corrected chi connectivity index (χ0v) is 14.2. The van der Waals surface area contributed by atoms with E-state index in [1.165, 1.54) is 35.2 Å². The van der Waals surface area contributed by atoms with Crippen LogP contribution in [0.5, 0.6) is 5.75 Å². The smallest absolute Gasteiger partial charge is 0.268 e. The van der Waals surface area contributed by atoms with Crippen LogP contribution in [0.1, 0.15) is 24.2 Å². The number of rotatable bonds is 4. The molecule has 7 heteroatoms. The van der Waals surface area contributed by atoms with Gasteiger partial charge < -0.3 is 10.1 Å². The van der Waals surface area contributed by atoms with Gasteiger partial charge in [-0.15, -0.1) is 0 Å². The fraction of sp³-hybridized carbons (Fsp3) is 0.211. The molecule has 0 bridgehead atoms. The van der Waals surface area contributed by atoms with Gasteiger partial charge in [0.1, 0.15) is 23.9 Å². The average Bonchev–Trinajstić information content (AvgIpc) is 2.64. The topological polar surface area (TPSA) is 75.7 Å². The minimum atomic E-state index is -0.862. The van der Waals surface area contributed by atoms with Crippen LogP contribution in [0.4, 0.5) is 15.8 Å². The number of hydrogen-bond acceptors (Lipinski definition) is 4. The van der Waals surface area contributed by atoms with E-state index in [1.54, 1.807) is 26.0 Å². The Morgan fingerprint density at radius 3 is 2.62 bits per heavy atom. The van der Waals surface area contributed by atoms with E-state index in [0.717, 1.165) is 0 Å². The number of carbonyl (C=O) groups excluding carboxylic acids is 3. The molecule has 1 aliphatic heterocycles. The highest BCUT2D eigenvalue weighted by atomic mass is 19.1. The summed E-state index contributed by atoms with van der Waals surface area (Å²) < 4.78 is 18.6. The van der Waals surface area contributed by atoms with E-state index in [0.29, 0.717) is 29.0 Å². The largest absolute Gasteiger partial charge is 0.479 e. The normalized spacial score (nSPS) is 17.1. The zero-order valence-electron chi connectivity index (χ0n) is 14.2. The number of nitrogens with zero attached hydrogens (tertiary/aromatic N) is 1. The van der Waals surface area contributed by atoms with Crippen molar-refractivity contribution in [1.29, 1.82) is 0 Å². The van der Waals surface area contributed by atoms with Crippen LogP contribution < -0.4 is 15.0 Å². The number of halogens is 1. The van der Waals surface area contributed by atoms with E-state index in [9.17, 15) is 18.8 Å². The second kappa shape index (κ2) is 6.95. The van der Waals surface area contributed by atoms with Crippen LogP contribution >= 0.6 is 0 Å². The summed E-state index contributed by atoms with van der Waals surface area (Å²) in [6.07, 6.45) is -0.102. The number of hydrogen-bond donors (Lipinski definition) is 1. The summed E-state index contributed by atoms with van der Waals surface area (Å²) in [5.41, 5.74) is 1.14. The fourth-order valence-corrected chi connectivity index (χ4v) is 2.75. The number of aldehydes is 1. The molecule has 1 heterocycles. The maximum absolute atomic E-state index is 13.0. The quantitative estimate of drug-likeness (QED) is 0.855. The highest BCUT2D eigenvalue weighted by Crippen LogP contribution is 2.36. The van der Waals surface area contributed by atoms with Gasteiger partial charge in [0.2, 0.25) is 5.91 Å². The molecule has 0 fully saturated rings. The lowest BCUT2D eigenvalue weighted by Crippen LogP contribution is -2.52. The van der Waals surface area contributed by atoms with E-state index in [-0.39, 0.29) is 5.91 Å². The van der Waals surface area contributed by atoms with Gasteiger partial charge in [-0.05, 0) is 56.3 Å². The molecule has 2 amide bonds. The molecule has 2 aromatic carbocycles. The standard InChI is InChI=1S/C19H17FN2O4/c1-11(18(24)21-15-6-4-14(20)5-7-15)22-16-9-13(10-23)3-8-17(16)26-12(2)19(22)25/h3-12H,1-2H3,(H,21,24). The van der Waals surface area contributed by atoms with E-state index in [4.69, 9.17) is 4.74 Å². The molecule has 2 unspecified atom stereocenters. The molecule has 2 atom stereocenters. The van der Waals surface area contributed by atoms with Gasteiger partial charge in [-0.25, -0.2) is 4.39 Å². The third-order valence-electron chi connectivity index (χ3n) is 4.15. The van der Waals surface area contributed by atoms with Crippen molar-refractivity contribution >= 4 is 29.5 Å². The maximum Gasteiger partial charge on any atom is 0.268 e. The van der Waals surface area contributed by atoms with Crippen LogP contribution in [0.3, 0.4) is 0 Å².